The second-order valence-electron chi connectivity index (χ2n) is 8.83. The van der Waals surface area contributed by atoms with Crippen LogP contribution in [0.25, 0.3) is 0 Å². The van der Waals surface area contributed by atoms with Gasteiger partial charge in [0.2, 0.25) is 0 Å². The Hall–Kier alpha value is 1.51. The van der Waals surface area contributed by atoms with Gasteiger partial charge in [0.05, 0.1) is 11.4 Å². The molecule has 0 amide bonds. The van der Waals surface area contributed by atoms with Crippen LogP contribution in [-0.2, 0) is 10.1 Å². The maximum atomic E-state index is 11.2. The molecule has 0 aromatic rings. The normalized spacial score (nSPS) is 13.7. The quantitative estimate of drug-likeness (QED) is 0.146. The molecule has 1 N–H and O–H groups in total. The van der Waals surface area contributed by atoms with Crippen molar-refractivity contribution in [2.24, 2.45) is 0 Å². The van der Waals surface area contributed by atoms with Crippen molar-refractivity contribution in [3.8, 4) is 0 Å². The fraction of sp³-hybridized carbons (Fsp3) is 1.00. The molecule has 0 aromatic heterocycles. The summed E-state index contributed by atoms with van der Waals surface area (Å²) in [6, 6.07) is 0. The molecule has 4 nitrogen and oxygen atoms in total. The van der Waals surface area contributed by atoms with E-state index in [1.165, 1.54) is 89.9 Å². The van der Waals surface area contributed by atoms with Crippen LogP contribution in [0.5, 0.6) is 0 Å². The molecule has 6 heteroatoms. The number of hydrogen-bond acceptors (Lipinski definition) is 4. The Morgan fingerprint density at radius 2 is 0.933 bits per heavy atom. The van der Waals surface area contributed by atoms with Crippen molar-refractivity contribution in [3.05, 3.63) is 0 Å². The monoisotopic (exact) mass is 472 g/mol. The molecule has 0 saturated carbocycles. The van der Waals surface area contributed by atoms with E-state index >= 15 is 0 Å². The Labute approximate surface area is 230 Å². The molecule has 0 spiro atoms. The Balaban J connectivity index is 0. The van der Waals surface area contributed by atoms with E-state index < -0.39 is 21.5 Å². The summed E-state index contributed by atoms with van der Waals surface area (Å²) in [4.78, 5) is 0. The van der Waals surface area contributed by atoms with Gasteiger partial charge in [-0.3, -0.25) is 0 Å². The number of aliphatic hydroxyl groups is 1. The van der Waals surface area contributed by atoms with Crippen molar-refractivity contribution < 1.29 is 69.5 Å². The Morgan fingerprint density at radius 3 is 1.23 bits per heavy atom. The predicted octanol–water partition coefficient (Wildman–Crippen LogP) is 4.11. The summed E-state index contributed by atoms with van der Waals surface area (Å²) in [5.74, 6) is 0. The van der Waals surface area contributed by atoms with Gasteiger partial charge in [-0.05, 0) is 12.8 Å². The van der Waals surface area contributed by atoms with Crippen LogP contribution in [0, 0.1) is 0 Å². The fourth-order valence-corrected chi connectivity index (χ4v) is 5.12. The molecular formula is C24H49KO4S. The molecular weight excluding hydrogens is 423 g/mol. The molecule has 0 bridgehead atoms. The van der Waals surface area contributed by atoms with Gasteiger partial charge in [-0.25, -0.2) is 8.42 Å². The molecule has 30 heavy (non-hydrogen) atoms. The fourth-order valence-electron chi connectivity index (χ4n) is 4.08. The molecule has 0 radical (unpaired) electrons. The van der Waals surface area contributed by atoms with Gasteiger partial charge in [-0.2, -0.15) is 0 Å². The molecule has 0 aliphatic rings. The van der Waals surface area contributed by atoms with Crippen LogP contribution in [0.15, 0.2) is 0 Å². The van der Waals surface area contributed by atoms with Crippen molar-refractivity contribution in [2.45, 2.75) is 154 Å². The van der Waals surface area contributed by atoms with E-state index in [1.807, 2.05) is 6.92 Å². The van der Waals surface area contributed by atoms with Crippen molar-refractivity contribution in [3.63, 3.8) is 0 Å². The van der Waals surface area contributed by atoms with E-state index in [1.54, 1.807) is 0 Å². The van der Waals surface area contributed by atoms with Gasteiger partial charge in [-0.1, -0.05) is 129 Å². The molecule has 0 heterocycles. The van der Waals surface area contributed by atoms with Crippen LogP contribution < -0.4 is 51.4 Å². The molecule has 0 saturated heterocycles. The third kappa shape index (κ3) is 21.4. The molecule has 0 aliphatic carbocycles. The largest absolute Gasteiger partial charge is 1.00 e. The van der Waals surface area contributed by atoms with E-state index in [9.17, 15) is 18.1 Å². The van der Waals surface area contributed by atoms with Gasteiger partial charge < -0.3 is 9.66 Å². The third-order valence-electron chi connectivity index (χ3n) is 5.98. The average molecular weight is 473 g/mol. The van der Waals surface area contributed by atoms with E-state index in [2.05, 4.69) is 6.92 Å². The maximum Gasteiger partial charge on any atom is 1.00 e. The van der Waals surface area contributed by atoms with E-state index in [0.29, 0.717) is 12.8 Å². The van der Waals surface area contributed by atoms with Gasteiger partial charge in [0.1, 0.15) is 10.1 Å². The zero-order valence-corrected chi connectivity index (χ0v) is 24.3. The first kappa shape index (κ1) is 33.7. The Kier molecular flexibility index (Phi) is 26.6. The van der Waals surface area contributed by atoms with Gasteiger partial charge in [0, 0.05) is 0 Å². The summed E-state index contributed by atoms with van der Waals surface area (Å²) in [5.41, 5.74) is 0. The summed E-state index contributed by atoms with van der Waals surface area (Å²) < 4.78 is 33.7. The molecule has 2 atom stereocenters. The van der Waals surface area contributed by atoms with Crippen molar-refractivity contribution >= 4 is 10.1 Å². The van der Waals surface area contributed by atoms with Crippen LogP contribution in [0.4, 0.5) is 0 Å². The molecule has 176 valence electrons. The van der Waals surface area contributed by atoms with Crippen molar-refractivity contribution in [2.75, 3.05) is 0 Å². The van der Waals surface area contributed by atoms with Gasteiger partial charge in [0.25, 0.3) is 0 Å². The van der Waals surface area contributed by atoms with Crippen molar-refractivity contribution in [1.29, 1.82) is 0 Å². The molecule has 0 fully saturated rings. The summed E-state index contributed by atoms with van der Waals surface area (Å²) in [5, 5.41) is 8.89. The summed E-state index contributed by atoms with van der Waals surface area (Å²) >= 11 is 0. The molecule has 0 rings (SSSR count). The molecule has 2 unspecified atom stereocenters. The Morgan fingerprint density at radius 1 is 0.600 bits per heavy atom. The van der Waals surface area contributed by atoms with Crippen LogP contribution in [0.1, 0.15) is 142 Å². The topological polar surface area (TPSA) is 77.4 Å². The van der Waals surface area contributed by atoms with Crippen LogP contribution in [0.2, 0.25) is 0 Å². The first-order valence-electron chi connectivity index (χ1n) is 12.6. The van der Waals surface area contributed by atoms with Gasteiger partial charge in [0.15, 0.2) is 0 Å². The number of unbranched alkanes of at least 4 members (excludes halogenated alkanes) is 16. The van der Waals surface area contributed by atoms with Gasteiger partial charge >= 0.3 is 51.4 Å². The standard InChI is InChI=1S/C24H50O4S.K/c1-3-5-6-7-8-9-10-11-12-13-14-15-16-17-18-19-20-22-23(25)24(21-4-2)29(26,27)28;/h23-25H,3-22H2,1-2H3,(H,26,27,28);/q;+1/p-1. The zero-order chi connectivity index (χ0) is 21.8. The zero-order valence-electron chi connectivity index (χ0n) is 20.4. The molecule has 0 aliphatic heterocycles. The maximum absolute atomic E-state index is 11.2. The smallest absolute Gasteiger partial charge is 0.748 e. The first-order chi connectivity index (χ1) is 13.9. The third-order valence-corrected chi connectivity index (χ3v) is 7.27. The van der Waals surface area contributed by atoms with Crippen LogP contribution in [-0.4, -0.2) is 29.4 Å². The number of aliphatic hydroxyl groups excluding tert-OH is 1. The molecule has 0 aromatic carbocycles. The van der Waals surface area contributed by atoms with Crippen LogP contribution >= 0.6 is 0 Å². The number of rotatable bonds is 22. The first-order valence-corrected chi connectivity index (χ1v) is 14.0. The summed E-state index contributed by atoms with van der Waals surface area (Å²) in [6.07, 6.45) is 22.3. The van der Waals surface area contributed by atoms with Gasteiger partial charge in [-0.15, -0.1) is 0 Å². The predicted molar refractivity (Wildman–Crippen MR) is 123 cm³/mol. The van der Waals surface area contributed by atoms with E-state index in [0.717, 1.165) is 19.3 Å². The number of hydrogen-bond donors (Lipinski definition) is 1. The summed E-state index contributed by atoms with van der Waals surface area (Å²) in [6.45, 7) is 4.10. The minimum absolute atomic E-state index is 0. The van der Waals surface area contributed by atoms with Crippen molar-refractivity contribution in [1.82, 2.24) is 0 Å². The van der Waals surface area contributed by atoms with E-state index in [4.69, 9.17) is 0 Å². The van der Waals surface area contributed by atoms with E-state index in [-0.39, 0.29) is 57.8 Å². The second-order valence-corrected chi connectivity index (χ2v) is 10.4. The summed E-state index contributed by atoms with van der Waals surface area (Å²) in [7, 11) is -4.40. The second kappa shape index (κ2) is 23.7. The minimum Gasteiger partial charge on any atom is -0.748 e. The average Bonchev–Trinajstić information content (AvgIpc) is 2.67. The SMILES string of the molecule is CCCCCCCCCCCCCCCCCCCC(O)C(CCC)S(=O)(=O)[O-].[K+]. The van der Waals surface area contributed by atoms with Crippen LogP contribution in [0.3, 0.4) is 0 Å². The minimum atomic E-state index is -4.40. The Bertz CT molecular complexity index is 442.